The van der Waals surface area contributed by atoms with Crippen molar-refractivity contribution in [2.75, 3.05) is 7.11 Å². The molecule has 0 N–H and O–H groups in total. The highest BCUT2D eigenvalue weighted by Gasteiger charge is 1.87. The van der Waals surface area contributed by atoms with Gasteiger partial charge in [0.1, 0.15) is 0 Å². The minimum atomic E-state index is -0.336. The maximum atomic E-state index is 10.4. The van der Waals surface area contributed by atoms with E-state index in [0.717, 1.165) is 6.42 Å². The van der Waals surface area contributed by atoms with Crippen LogP contribution in [0.3, 0.4) is 0 Å². The fourth-order valence-electron chi connectivity index (χ4n) is 0.414. The zero-order valence-electron chi connectivity index (χ0n) is 5.96. The Labute approximate surface area is 60.9 Å². The van der Waals surface area contributed by atoms with Gasteiger partial charge in [-0.25, -0.2) is 4.79 Å². The maximum Gasteiger partial charge on any atom is 0.330 e. The Morgan fingerprint density at radius 3 is 3.00 bits per heavy atom. The molecule has 0 aromatic rings. The molecule has 0 unspecified atom stereocenters. The predicted molar refractivity (Wildman–Crippen MR) is 39.2 cm³/mol. The number of terminal acetylenes is 1. The maximum absolute atomic E-state index is 10.4. The smallest absolute Gasteiger partial charge is 0.330 e. The average Bonchev–Trinajstić information content (AvgIpc) is 1.98. The molecule has 0 atom stereocenters. The number of hydrogen-bond donors (Lipinski definition) is 0. The fourth-order valence-corrected chi connectivity index (χ4v) is 0.414. The highest BCUT2D eigenvalue weighted by Crippen LogP contribution is 1.88. The molecular weight excluding hydrogens is 128 g/mol. The first-order valence-corrected chi connectivity index (χ1v) is 2.99. The SMILES string of the molecule is C#CCC/C=C/C(=O)OC. The van der Waals surface area contributed by atoms with E-state index in [1.54, 1.807) is 6.08 Å². The van der Waals surface area contributed by atoms with Gasteiger partial charge in [0, 0.05) is 12.5 Å². The summed E-state index contributed by atoms with van der Waals surface area (Å²) in [6.45, 7) is 0. The van der Waals surface area contributed by atoms with Gasteiger partial charge >= 0.3 is 5.97 Å². The summed E-state index contributed by atoms with van der Waals surface area (Å²) in [6.07, 6.45) is 9.44. The molecule has 0 aromatic carbocycles. The van der Waals surface area contributed by atoms with Crippen molar-refractivity contribution < 1.29 is 9.53 Å². The van der Waals surface area contributed by atoms with Crippen molar-refractivity contribution in [3.05, 3.63) is 12.2 Å². The van der Waals surface area contributed by atoms with Crippen LogP contribution in [0.1, 0.15) is 12.8 Å². The standard InChI is InChI=1S/C8H10O2/c1-3-4-5-6-7-8(9)10-2/h1,6-7H,4-5H2,2H3/b7-6+. The molecule has 0 fully saturated rings. The molecule has 0 bridgehead atoms. The number of ether oxygens (including phenoxy) is 1. The van der Waals surface area contributed by atoms with Crippen LogP contribution in [0.5, 0.6) is 0 Å². The Morgan fingerprint density at radius 1 is 1.80 bits per heavy atom. The molecule has 54 valence electrons. The molecule has 0 aromatic heterocycles. The molecule has 2 heteroatoms. The van der Waals surface area contributed by atoms with E-state index in [2.05, 4.69) is 10.7 Å². The van der Waals surface area contributed by atoms with Gasteiger partial charge < -0.3 is 4.74 Å². The van der Waals surface area contributed by atoms with E-state index in [-0.39, 0.29) is 5.97 Å². The van der Waals surface area contributed by atoms with Gasteiger partial charge in [0.2, 0.25) is 0 Å². The number of esters is 1. The van der Waals surface area contributed by atoms with Crippen LogP contribution in [0.25, 0.3) is 0 Å². The summed E-state index contributed by atoms with van der Waals surface area (Å²) >= 11 is 0. The van der Waals surface area contributed by atoms with Crippen molar-refractivity contribution in [1.29, 1.82) is 0 Å². The lowest BCUT2D eigenvalue weighted by atomic mass is 10.3. The second kappa shape index (κ2) is 5.90. The van der Waals surface area contributed by atoms with Crippen molar-refractivity contribution in [2.45, 2.75) is 12.8 Å². The number of carbonyl (C=O) groups excluding carboxylic acids is 1. The second-order valence-electron chi connectivity index (χ2n) is 1.67. The number of methoxy groups -OCH3 is 1. The summed E-state index contributed by atoms with van der Waals surface area (Å²) in [6, 6.07) is 0. The summed E-state index contributed by atoms with van der Waals surface area (Å²) in [4.78, 5) is 10.4. The summed E-state index contributed by atoms with van der Waals surface area (Å²) in [5, 5.41) is 0. The Morgan fingerprint density at radius 2 is 2.50 bits per heavy atom. The van der Waals surface area contributed by atoms with Crippen molar-refractivity contribution >= 4 is 5.97 Å². The molecule has 10 heavy (non-hydrogen) atoms. The van der Waals surface area contributed by atoms with E-state index in [4.69, 9.17) is 6.42 Å². The Bertz CT molecular complexity index is 163. The molecule has 0 aliphatic heterocycles. The van der Waals surface area contributed by atoms with E-state index in [1.165, 1.54) is 13.2 Å². The van der Waals surface area contributed by atoms with Crippen LogP contribution in [0.4, 0.5) is 0 Å². The number of unbranched alkanes of at least 4 members (excludes halogenated alkanes) is 1. The molecule has 0 saturated carbocycles. The number of allylic oxidation sites excluding steroid dienone is 1. The van der Waals surface area contributed by atoms with Crippen LogP contribution < -0.4 is 0 Å². The van der Waals surface area contributed by atoms with Crippen LogP contribution in [0.2, 0.25) is 0 Å². The van der Waals surface area contributed by atoms with Crippen LogP contribution in [0.15, 0.2) is 12.2 Å². The topological polar surface area (TPSA) is 26.3 Å². The molecule has 0 rings (SSSR count). The Hall–Kier alpha value is -1.23. The third-order valence-electron chi connectivity index (χ3n) is 0.910. The van der Waals surface area contributed by atoms with E-state index < -0.39 is 0 Å². The first kappa shape index (κ1) is 8.77. The first-order valence-electron chi connectivity index (χ1n) is 2.99. The first-order chi connectivity index (χ1) is 4.81. The van der Waals surface area contributed by atoms with Gasteiger partial charge in [0.15, 0.2) is 0 Å². The minimum absolute atomic E-state index is 0.336. The van der Waals surface area contributed by atoms with Crippen molar-refractivity contribution in [1.82, 2.24) is 0 Å². The molecule has 0 amide bonds. The van der Waals surface area contributed by atoms with Crippen LogP contribution in [-0.4, -0.2) is 13.1 Å². The second-order valence-corrected chi connectivity index (χ2v) is 1.67. The largest absolute Gasteiger partial charge is 0.466 e. The summed E-state index contributed by atoms with van der Waals surface area (Å²) < 4.78 is 4.35. The van der Waals surface area contributed by atoms with Gasteiger partial charge in [-0.1, -0.05) is 6.08 Å². The lowest BCUT2D eigenvalue weighted by molar-refractivity contribution is -0.134. The van der Waals surface area contributed by atoms with E-state index >= 15 is 0 Å². The molecule has 0 saturated heterocycles. The van der Waals surface area contributed by atoms with E-state index in [9.17, 15) is 4.79 Å². The minimum Gasteiger partial charge on any atom is -0.466 e. The number of carbonyl (C=O) groups is 1. The average molecular weight is 138 g/mol. The van der Waals surface area contributed by atoms with Crippen LogP contribution in [-0.2, 0) is 9.53 Å². The fraction of sp³-hybridized carbons (Fsp3) is 0.375. The third-order valence-corrected chi connectivity index (χ3v) is 0.910. The summed E-state index contributed by atoms with van der Waals surface area (Å²) in [5.41, 5.74) is 0. The molecule has 0 heterocycles. The molecule has 0 spiro atoms. The highest BCUT2D eigenvalue weighted by molar-refractivity contribution is 5.81. The Kier molecular flexibility index (Phi) is 5.17. The molecule has 2 nitrogen and oxygen atoms in total. The zero-order valence-corrected chi connectivity index (χ0v) is 5.96. The van der Waals surface area contributed by atoms with Gasteiger partial charge in [0.05, 0.1) is 7.11 Å². The lowest BCUT2D eigenvalue weighted by Crippen LogP contribution is -1.93. The lowest BCUT2D eigenvalue weighted by Gasteiger charge is -1.87. The van der Waals surface area contributed by atoms with Gasteiger partial charge in [-0.3, -0.25) is 0 Å². The predicted octanol–water partition coefficient (Wildman–Crippen LogP) is 1.13. The number of hydrogen-bond acceptors (Lipinski definition) is 2. The molecule has 0 aliphatic rings. The van der Waals surface area contributed by atoms with Gasteiger partial charge in [-0.2, -0.15) is 0 Å². The Balaban J connectivity index is 3.38. The zero-order chi connectivity index (χ0) is 7.82. The van der Waals surface area contributed by atoms with Gasteiger partial charge in [0.25, 0.3) is 0 Å². The van der Waals surface area contributed by atoms with Crippen molar-refractivity contribution in [3.8, 4) is 12.3 Å². The quantitative estimate of drug-likeness (QED) is 0.253. The normalized spacial score (nSPS) is 9.20. The molecular formula is C8H10O2. The third kappa shape index (κ3) is 4.92. The van der Waals surface area contributed by atoms with Gasteiger partial charge in [-0.05, 0) is 6.42 Å². The summed E-state index contributed by atoms with van der Waals surface area (Å²) in [7, 11) is 1.34. The van der Waals surface area contributed by atoms with E-state index in [0.29, 0.717) is 6.42 Å². The molecule has 0 aliphatic carbocycles. The van der Waals surface area contributed by atoms with E-state index in [1.807, 2.05) is 0 Å². The monoisotopic (exact) mass is 138 g/mol. The van der Waals surface area contributed by atoms with Crippen LogP contribution >= 0.6 is 0 Å². The molecule has 0 radical (unpaired) electrons. The van der Waals surface area contributed by atoms with Crippen molar-refractivity contribution in [2.24, 2.45) is 0 Å². The van der Waals surface area contributed by atoms with Crippen LogP contribution in [0, 0.1) is 12.3 Å². The highest BCUT2D eigenvalue weighted by atomic mass is 16.5. The van der Waals surface area contributed by atoms with Gasteiger partial charge in [-0.15, -0.1) is 12.3 Å². The number of rotatable bonds is 3. The summed E-state index contributed by atoms with van der Waals surface area (Å²) in [5.74, 6) is 2.12. The van der Waals surface area contributed by atoms with Crippen molar-refractivity contribution in [3.63, 3.8) is 0 Å².